The van der Waals surface area contributed by atoms with Crippen molar-refractivity contribution in [1.29, 1.82) is 0 Å². The molecular formula is C19H21BrFNO3. The van der Waals surface area contributed by atoms with Gasteiger partial charge in [-0.1, -0.05) is 12.1 Å². The van der Waals surface area contributed by atoms with Crippen molar-refractivity contribution in [2.24, 2.45) is 0 Å². The Balaban J connectivity index is 1.91. The Hall–Kier alpha value is -2.08. The van der Waals surface area contributed by atoms with Crippen molar-refractivity contribution in [1.82, 2.24) is 5.32 Å². The monoisotopic (exact) mass is 409 g/mol. The first-order chi connectivity index (χ1) is 11.9. The van der Waals surface area contributed by atoms with E-state index in [0.717, 1.165) is 15.8 Å². The van der Waals surface area contributed by atoms with Crippen LogP contribution in [0.1, 0.15) is 30.5 Å². The SMILES string of the molecule is COc1ccc([C@H](C)NC(=O)CCc2ccc(OC)c(Br)c2)cc1F. The molecule has 0 aliphatic heterocycles. The zero-order valence-corrected chi connectivity index (χ0v) is 16.0. The number of carbonyl (C=O) groups excluding carboxylic acids is 1. The van der Waals surface area contributed by atoms with Gasteiger partial charge in [0.05, 0.1) is 24.7 Å². The summed E-state index contributed by atoms with van der Waals surface area (Å²) in [5.74, 6) is 0.413. The normalized spacial score (nSPS) is 11.7. The average molecular weight is 410 g/mol. The summed E-state index contributed by atoms with van der Waals surface area (Å²) in [4.78, 5) is 12.2. The van der Waals surface area contributed by atoms with E-state index in [1.807, 2.05) is 25.1 Å². The number of methoxy groups -OCH3 is 2. The summed E-state index contributed by atoms with van der Waals surface area (Å²) < 4.78 is 24.7. The Morgan fingerprint density at radius 3 is 2.44 bits per heavy atom. The molecule has 0 aliphatic carbocycles. The van der Waals surface area contributed by atoms with Crippen LogP contribution in [0.2, 0.25) is 0 Å². The van der Waals surface area contributed by atoms with Gasteiger partial charge in [-0.25, -0.2) is 4.39 Å². The number of halogens is 2. The highest BCUT2D eigenvalue weighted by Crippen LogP contribution is 2.26. The van der Waals surface area contributed by atoms with Crippen molar-refractivity contribution in [2.75, 3.05) is 14.2 Å². The van der Waals surface area contributed by atoms with Crippen LogP contribution in [-0.2, 0) is 11.2 Å². The van der Waals surface area contributed by atoms with Gasteiger partial charge in [-0.05, 0) is 64.7 Å². The summed E-state index contributed by atoms with van der Waals surface area (Å²) in [6.07, 6.45) is 0.958. The van der Waals surface area contributed by atoms with Crippen LogP contribution >= 0.6 is 15.9 Å². The fourth-order valence-corrected chi connectivity index (χ4v) is 3.06. The molecule has 0 aliphatic rings. The van der Waals surface area contributed by atoms with Crippen LogP contribution < -0.4 is 14.8 Å². The zero-order chi connectivity index (χ0) is 18.4. The molecule has 0 radical (unpaired) electrons. The predicted molar refractivity (Wildman–Crippen MR) is 98.5 cm³/mol. The van der Waals surface area contributed by atoms with E-state index in [1.54, 1.807) is 19.2 Å². The Morgan fingerprint density at radius 2 is 1.84 bits per heavy atom. The smallest absolute Gasteiger partial charge is 0.220 e. The maximum Gasteiger partial charge on any atom is 0.220 e. The standard InChI is InChI=1S/C19H21BrFNO3/c1-12(14-6-8-18(25-3)16(21)11-14)22-19(23)9-5-13-4-7-17(24-2)15(20)10-13/h4,6-8,10-12H,5,9H2,1-3H3,(H,22,23)/t12-/m0/s1. The zero-order valence-electron chi connectivity index (χ0n) is 14.4. The van der Waals surface area contributed by atoms with Crippen LogP contribution in [-0.4, -0.2) is 20.1 Å². The van der Waals surface area contributed by atoms with Gasteiger partial charge in [0.25, 0.3) is 0 Å². The average Bonchev–Trinajstić information content (AvgIpc) is 2.60. The lowest BCUT2D eigenvalue weighted by Crippen LogP contribution is -2.26. The number of nitrogens with one attached hydrogen (secondary N) is 1. The number of rotatable bonds is 7. The largest absolute Gasteiger partial charge is 0.496 e. The molecule has 0 saturated carbocycles. The second kappa shape index (κ2) is 8.85. The molecule has 1 amide bonds. The second-order valence-electron chi connectivity index (χ2n) is 5.65. The van der Waals surface area contributed by atoms with Crippen molar-refractivity contribution >= 4 is 21.8 Å². The molecule has 0 fully saturated rings. The van der Waals surface area contributed by atoms with Gasteiger partial charge in [0.15, 0.2) is 11.6 Å². The highest BCUT2D eigenvalue weighted by molar-refractivity contribution is 9.10. The maximum atomic E-state index is 13.8. The highest BCUT2D eigenvalue weighted by atomic mass is 79.9. The molecular weight excluding hydrogens is 389 g/mol. The van der Waals surface area contributed by atoms with E-state index < -0.39 is 5.82 Å². The van der Waals surface area contributed by atoms with Gasteiger partial charge < -0.3 is 14.8 Å². The number of carbonyl (C=O) groups is 1. The van der Waals surface area contributed by atoms with Gasteiger partial charge in [-0.15, -0.1) is 0 Å². The Bertz CT molecular complexity index is 751. The van der Waals surface area contributed by atoms with Crippen molar-refractivity contribution in [3.63, 3.8) is 0 Å². The molecule has 1 atom stereocenters. The first kappa shape index (κ1) is 19.2. The molecule has 0 saturated heterocycles. The number of ether oxygens (including phenoxy) is 2. The van der Waals surface area contributed by atoms with Gasteiger partial charge in [-0.2, -0.15) is 0 Å². The van der Waals surface area contributed by atoms with E-state index in [1.165, 1.54) is 13.2 Å². The lowest BCUT2D eigenvalue weighted by Gasteiger charge is -2.15. The second-order valence-corrected chi connectivity index (χ2v) is 6.51. The molecule has 2 aromatic carbocycles. The first-order valence-corrected chi connectivity index (χ1v) is 8.69. The van der Waals surface area contributed by atoms with Gasteiger partial charge in [0, 0.05) is 6.42 Å². The van der Waals surface area contributed by atoms with E-state index in [4.69, 9.17) is 9.47 Å². The third kappa shape index (κ3) is 5.19. The summed E-state index contributed by atoms with van der Waals surface area (Å²) in [5.41, 5.74) is 1.73. The number of amides is 1. The summed E-state index contributed by atoms with van der Waals surface area (Å²) in [7, 11) is 3.03. The third-order valence-corrected chi connectivity index (χ3v) is 4.53. The molecule has 0 unspecified atom stereocenters. The molecule has 0 bridgehead atoms. The maximum absolute atomic E-state index is 13.8. The molecule has 2 rings (SSSR count). The molecule has 134 valence electrons. The van der Waals surface area contributed by atoms with E-state index in [2.05, 4.69) is 21.2 Å². The van der Waals surface area contributed by atoms with Gasteiger partial charge in [0.2, 0.25) is 5.91 Å². The summed E-state index contributed by atoms with van der Waals surface area (Å²) in [5, 5.41) is 2.89. The van der Waals surface area contributed by atoms with Crippen molar-refractivity contribution in [3.05, 3.63) is 57.8 Å². The number of aryl methyl sites for hydroxylation is 1. The van der Waals surface area contributed by atoms with Gasteiger partial charge in [-0.3, -0.25) is 4.79 Å². The molecule has 25 heavy (non-hydrogen) atoms. The van der Waals surface area contributed by atoms with Crippen LogP contribution in [0, 0.1) is 5.82 Å². The summed E-state index contributed by atoms with van der Waals surface area (Å²) >= 11 is 3.43. The summed E-state index contributed by atoms with van der Waals surface area (Å²) in [6.45, 7) is 1.82. The number of hydrogen-bond acceptors (Lipinski definition) is 3. The van der Waals surface area contributed by atoms with E-state index in [0.29, 0.717) is 18.4 Å². The van der Waals surface area contributed by atoms with Crippen molar-refractivity contribution < 1.29 is 18.7 Å². The van der Waals surface area contributed by atoms with E-state index in [9.17, 15) is 9.18 Å². The Kier molecular flexibility index (Phi) is 6.82. The van der Waals surface area contributed by atoms with E-state index in [-0.39, 0.29) is 17.7 Å². The molecule has 2 aromatic rings. The van der Waals surface area contributed by atoms with Crippen LogP contribution in [0.3, 0.4) is 0 Å². The van der Waals surface area contributed by atoms with Crippen molar-refractivity contribution in [3.8, 4) is 11.5 Å². The minimum atomic E-state index is -0.441. The van der Waals surface area contributed by atoms with Crippen LogP contribution in [0.15, 0.2) is 40.9 Å². The van der Waals surface area contributed by atoms with E-state index >= 15 is 0 Å². The molecule has 0 heterocycles. The lowest BCUT2D eigenvalue weighted by atomic mass is 10.1. The molecule has 4 nitrogen and oxygen atoms in total. The Morgan fingerprint density at radius 1 is 1.16 bits per heavy atom. The van der Waals surface area contributed by atoms with Crippen LogP contribution in [0.25, 0.3) is 0 Å². The number of hydrogen-bond donors (Lipinski definition) is 1. The molecule has 0 spiro atoms. The molecule has 0 aromatic heterocycles. The fourth-order valence-electron chi connectivity index (χ4n) is 2.47. The predicted octanol–water partition coefficient (Wildman–Crippen LogP) is 4.42. The minimum absolute atomic E-state index is 0.0873. The molecule has 6 heteroatoms. The highest BCUT2D eigenvalue weighted by Gasteiger charge is 2.12. The van der Waals surface area contributed by atoms with Crippen molar-refractivity contribution in [2.45, 2.75) is 25.8 Å². The first-order valence-electron chi connectivity index (χ1n) is 7.89. The molecule has 1 N–H and O–H groups in total. The quantitative estimate of drug-likeness (QED) is 0.736. The minimum Gasteiger partial charge on any atom is -0.496 e. The lowest BCUT2D eigenvalue weighted by molar-refractivity contribution is -0.121. The van der Waals surface area contributed by atoms with Gasteiger partial charge >= 0.3 is 0 Å². The Labute approximate surface area is 155 Å². The number of benzene rings is 2. The van der Waals surface area contributed by atoms with Gasteiger partial charge in [0.1, 0.15) is 5.75 Å². The van der Waals surface area contributed by atoms with Crippen LogP contribution in [0.5, 0.6) is 11.5 Å². The van der Waals surface area contributed by atoms with Crippen LogP contribution in [0.4, 0.5) is 4.39 Å². The fraction of sp³-hybridized carbons (Fsp3) is 0.316. The summed E-state index contributed by atoms with van der Waals surface area (Å²) in [6, 6.07) is 10.1. The topological polar surface area (TPSA) is 47.6 Å². The third-order valence-electron chi connectivity index (χ3n) is 3.91.